The molecule has 0 spiro atoms. The molecule has 0 fully saturated rings. The Labute approximate surface area is 223 Å². The number of ether oxygens (including phenoxy) is 1. The number of halogens is 6. The number of aromatic amines is 1. The predicted molar refractivity (Wildman–Crippen MR) is 130 cm³/mol. The summed E-state index contributed by atoms with van der Waals surface area (Å²) in [6, 6.07) is 8.23. The zero-order valence-corrected chi connectivity index (χ0v) is 21.6. The smallest absolute Gasteiger partial charge is 0.416 e. The summed E-state index contributed by atoms with van der Waals surface area (Å²) >= 11 is 1.26. The summed E-state index contributed by atoms with van der Waals surface area (Å²) < 4.78 is 86.8. The van der Waals surface area contributed by atoms with Crippen molar-refractivity contribution in [3.63, 3.8) is 0 Å². The Morgan fingerprint density at radius 1 is 1.08 bits per heavy atom. The molecule has 0 aliphatic carbocycles. The van der Waals surface area contributed by atoms with Crippen molar-refractivity contribution in [3.05, 3.63) is 57.5 Å². The molecule has 3 aromatic rings. The van der Waals surface area contributed by atoms with Crippen molar-refractivity contribution < 1.29 is 35.9 Å². The average molecular weight is 575 g/mol. The highest BCUT2D eigenvalue weighted by atomic mass is 32.1. The van der Waals surface area contributed by atoms with Gasteiger partial charge in [0.15, 0.2) is 11.4 Å². The van der Waals surface area contributed by atoms with E-state index in [9.17, 15) is 31.1 Å². The van der Waals surface area contributed by atoms with E-state index in [-0.39, 0.29) is 41.3 Å². The van der Waals surface area contributed by atoms with Crippen molar-refractivity contribution in [1.29, 1.82) is 0 Å². The second-order valence-electron chi connectivity index (χ2n) is 9.23. The number of aromatic nitrogens is 4. The number of carbonyl (C=O) groups excluding carboxylic acids is 1. The number of hydrogen-bond donors (Lipinski definition) is 2. The zero-order valence-electron chi connectivity index (χ0n) is 20.8. The minimum Gasteiger partial charge on any atom is -0.494 e. The predicted octanol–water partition coefficient (Wildman–Crippen LogP) is 4.93. The second kappa shape index (κ2) is 11.0. The van der Waals surface area contributed by atoms with E-state index in [0.717, 1.165) is 17.0 Å². The van der Waals surface area contributed by atoms with Gasteiger partial charge >= 0.3 is 12.4 Å². The molecule has 0 unspecified atom stereocenters. The highest BCUT2D eigenvalue weighted by Crippen LogP contribution is 2.50. The number of benzene rings is 1. The fourth-order valence-electron chi connectivity index (χ4n) is 4.26. The summed E-state index contributed by atoms with van der Waals surface area (Å²) in [5, 5.41) is 15.3. The molecule has 1 aromatic carbocycles. The van der Waals surface area contributed by atoms with Gasteiger partial charge in [-0.25, -0.2) is 5.10 Å². The van der Waals surface area contributed by atoms with E-state index in [4.69, 9.17) is 4.74 Å². The van der Waals surface area contributed by atoms with Gasteiger partial charge in [0, 0.05) is 29.1 Å². The number of carbonyl (C=O) groups is 1. The average Bonchev–Trinajstić information content (AvgIpc) is 3.52. The first kappa shape index (κ1) is 28.5. The second-order valence-corrected chi connectivity index (χ2v) is 10.4. The molecule has 0 radical (unpaired) electrons. The van der Waals surface area contributed by atoms with Gasteiger partial charge in [0.1, 0.15) is 5.75 Å². The van der Waals surface area contributed by atoms with Gasteiger partial charge in [0.2, 0.25) is 0 Å². The Bertz CT molecular complexity index is 1320. The lowest BCUT2D eigenvalue weighted by Crippen LogP contribution is -2.58. The maximum absolute atomic E-state index is 14.8. The molecule has 2 N–H and O–H groups in total. The standard InChI is InChI=1S/C24H24F6N6O2S/c1-36(2)13-16-8-9-18(39-16)17-12-22(24(28,29)30,31-21(37)19(17)20-32-34-35-33-20)14-4-6-15(7-5-14)38-11-3-10-23(25,26)27/h4-9H,3,10-13H2,1-2H3,(H,31,37)(H,32,33,34,35)/t22-/m0/s1. The number of amides is 1. The lowest BCUT2D eigenvalue weighted by Gasteiger charge is -2.41. The van der Waals surface area contributed by atoms with Crippen LogP contribution in [-0.2, 0) is 16.9 Å². The van der Waals surface area contributed by atoms with E-state index in [2.05, 4.69) is 25.9 Å². The van der Waals surface area contributed by atoms with Crippen LogP contribution in [0, 0.1) is 0 Å². The van der Waals surface area contributed by atoms with Gasteiger partial charge in [0.05, 0.1) is 12.2 Å². The molecule has 3 heterocycles. The molecule has 1 amide bonds. The molecule has 4 rings (SSSR count). The first-order valence-corrected chi connectivity index (χ1v) is 12.5. The summed E-state index contributed by atoms with van der Waals surface area (Å²) in [5.41, 5.74) is -3.03. The highest BCUT2D eigenvalue weighted by Gasteiger charge is 2.60. The lowest BCUT2D eigenvalue weighted by molar-refractivity contribution is -0.201. The molecule has 1 atom stereocenters. The molecule has 0 saturated heterocycles. The molecule has 0 bridgehead atoms. The Kier molecular flexibility index (Phi) is 8.02. The largest absolute Gasteiger partial charge is 0.494 e. The van der Waals surface area contributed by atoms with Crippen LogP contribution in [0.2, 0.25) is 0 Å². The molecule has 39 heavy (non-hydrogen) atoms. The van der Waals surface area contributed by atoms with Gasteiger partial charge in [-0.2, -0.15) is 26.3 Å². The summed E-state index contributed by atoms with van der Waals surface area (Å²) in [7, 11) is 3.72. The van der Waals surface area contributed by atoms with Gasteiger partial charge in [-0.15, -0.1) is 16.4 Å². The van der Waals surface area contributed by atoms with Gasteiger partial charge < -0.3 is 15.0 Å². The highest BCUT2D eigenvalue weighted by molar-refractivity contribution is 7.13. The van der Waals surface area contributed by atoms with Crippen LogP contribution in [0.3, 0.4) is 0 Å². The van der Waals surface area contributed by atoms with Crippen molar-refractivity contribution in [3.8, 4) is 5.75 Å². The number of hydrogen-bond acceptors (Lipinski definition) is 7. The van der Waals surface area contributed by atoms with Crippen LogP contribution < -0.4 is 10.1 Å². The number of H-pyrrole nitrogens is 1. The van der Waals surface area contributed by atoms with Crippen LogP contribution in [-0.4, -0.2) is 64.5 Å². The van der Waals surface area contributed by atoms with Crippen LogP contribution >= 0.6 is 11.3 Å². The molecule has 15 heteroatoms. The number of tetrazole rings is 1. The van der Waals surface area contributed by atoms with Gasteiger partial charge in [0.25, 0.3) is 5.91 Å². The van der Waals surface area contributed by atoms with Gasteiger partial charge in [-0.1, -0.05) is 12.1 Å². The summed E-state index contributed by atoms with van der Waals surface area (Å²) in [4.78, 5) is 16.6. The van der Waals surface area contributed by atoms with Crippen molar-refractivity contribution >= 4 is 28.4 Å². The lowest BCUT2D eigenvalue weighted by atomic mass is 9.78. The van der Waals surface area contributed by atoms with E-state index in [1.807, 2.05) is 19.0 Å². The Morgan fingerprint density at radius 2 is 1.79 bits per heavy atom. The minimum atomic E-state index is -4.92. The number of thiophene rings is 1. The van der Waals surface area contributed by atoms with Crippen molar-refractivity contribution in [2.24, 2.45) is 0 Å². The zero-order chi connectivity index (χ0) is 28.4. The van der Waals surface area contributed by atoms with E-state index >= 15 is 0 Å². The van der Waals surface area contributed by atoms with Crippen molar-refractivity contribution in [1.82, 2.24) is 30.8 Å². The van der Waals surface area contributed by atoms with Gasteiger partial charge in [-0.05, 0) is 66.3 Å². The third-order valence-corrected chi connectivity index (χ3v) is 7.15. The summed E-state index contributed by atoms with van der Waals surface area (Å²) in [5.74, 6) is -0.971. The SMILES string of the molecule is CN(C)Cc1ccc(C2=C(c3nnn[nH]3)C(=O)N[C@@](c3ccc(OCCCC(F)(F)F)cc3)(C(F)(F)F)C2)s1. The van der Waals surface area contributed by atoms with Crippen molar-refractivity contribution in [2.45, 2.75) is 43.7 Å². The Balaban J connectivity index is 1.70. The molecule has 0 saturated carbocycles. The van der Waals surface area contributed by atoms with Gasteiger partial charge in [-0.3, -0.25) is 4.79 Å². The van der Waals surface area contributed by atoms with Crippen LogP contribution in [0.4, 0.5) is 26.3 Å². The third kappa shape index (κ3) is 6.41. The molecule has 210 valence electrons. The van der Waals surface area contributed by atoms with Crippen LogP contribution in [0.15, 0.2) is 36.4 Å². The Hall–Kier alpha value is -3.46. The number of nitrogens with zero attached hydrogens (tertiary/aromatic N) is 4. The first-order valence-electron chi connectivity index (χ1n) is 11.7. The maximum Gasteiger partial charge on any atom is 0.416 e. The molecule has 8 nitrogen and oxygen atoms in total. The third-order valence-electron chi connectivity index (χ3n) is 6.02. The molecule has 1 aliphatic rings. The first-order chi connectivity index (χ1) is 18.3. The molecule has 2 aromatic heterocycles. The number of alkyl halides is 6. The summed E-state index contributed by atoms with van der Waals surface area (Å²) in [6.07, 6.45) is -11.2. The monoisotopic (exact) mass is 574 g/mol. The topological polar surface area (TPSA) is 96.0 Å². The van der Waals surface area contributed by atoms with E-state index in [0.29, 0.717) is 11.4 Å². The fourth-order valence-corrected chi connectivity index (χ4v) is 5.44. The number of rotatable bonds is 9. The quantitative estimate of drug-likeness (QED) is 0.278. The number of nitrogens with one attached hydrogen (secondary N) is 2. The fraction of sp³-hybridized carbons (Fsp3) is 0.417. The van der Waals surface area contributed by atoms with E-state index in [1.165, 1.54) is 23.5 Å². The van der Waals surface area contributed by atoms with E-state index < -0.39 is 36.6 Å². The summed E-state index contributed by atoms with van der Waals surface area (Å²) in [6.45, 7) is 0.299. The molecular weight excluding hydrogens is 550 g/mol. The normalized spacial score (nSPS) is 18.5. The Morgan fingerprint density at radius 3 is 2.38 bits per heavy atom. The van der Waals surface area contributed by atoms with Crippen molar-refractivity contribution in [2.75, 3.05) is 20.7 Å². The van der Waals surface area contributed by atoms with Crippen LogP contribution in [0.1, 0.15) is 40.4 Å². The van der Waals surface area contributed by atoms with Crippen LogP contribution in [0.25, 0.3) is 11.1 Å². The molecule has 1 aliphatic heterocycles. The van der Waals surface area contributed by atoms with E-state index in [1.54, 1.807) is 12.1 Å². The molecular formula is C24H24F6N6O2S. The van der Waals surface area contributed by atoms with Crippen LogP contribution in [0.5, 0.6) is 5.75 Å². The minimum absolute atomic E-state index is 0.0663. The maximum atomic E-state index is 14.8.